The van der Waals surface area contributed by atoms with Crippen LogP contribution in [-0.2, 0) is 9.59 Å². The van der Waals surface area contributed by atoms with E-state index in [0.29, 0.717) is 16.0 Å². The molecule has 1 aromatic rings. The summed E-state index contributed by atoms with van der Waals surface area (Å²) in [5.41, 5.74) is 5.97. The fourth-order valence-electron chi connectivity index (χ4n) is 3.75. The van der Waals surface area contributed by atoms with Crippen molar-refractivity contribution < 1.29 is 20.5 Å². The lowest BCUT2D eigenvalue weighted by Gasteiger charge is -2.50. The van der Waals surface area contributed by atoms with Gasteiger partial charge in [0.15, 0.2) is 0 Å². The maximum Gasteiger partial charge on any atom is 0.264 e. The summed E-state index contributed by atoms with van der Waals surface area (Å²) >= 11 is 0. The zero-order chi connectivity index (χ0) is 21.6. The minimum absolute atomic E-state index is 0.0236. The minimum Gasteiger partial charge on any atom is -0.398 e. The lowest BCUT2D eigenvalue weighted by Crippen LogP contribution is -2.68. The molecular formula is C20H25N3O4. The zero-order valence-corrected chi connectivity index (χ0v) is 16.7. The summed E-state index contributed by atoms with van der Waals surface area (Å²) in [6, 6.07) is -2.32. The van der Waals surface area contributed by atoms with Crippen molar-refractivity contribution in [3.8, 4) is 0 Å². The molecular weight excluding hydrogens is 346 g/mol. The molecule has 3 rings (SSSR count). The summed E-state index contributed by atoms with van der Waals surface area (Å²) in [5, 5.41) is 2.17. The number of nitrogens with two attached hydrogens (primary N) is 1. The smallest absolute Gasteiger partial charge is 0.264 e. The Labute approximate surface area is 159 Å². The van der Waals surface area contributed by atoms with Gasteiger partial charge in [0.25, 0.3) is 11.8 Å². The molecule has 0 spiro atoms. The van der Waals surface area contributed by atoms with Gasteiger partial charge in [-0.1, -0.05) is 27.7 Å². The monoisotopic (exact) mass is 372 g/mol. The molecule has 0 saturated carbocycles. The number of fused-ring (bicyclic) bond motifs is 1. The molecule has 1 aromatic carbocycles. The Bertz CT molecular complexity index is 949. The van der Waals surface area contributed by atoms with Crippen LogP contribution in [0.1, 0.15) is 66.5 Å². The van der Waals surface area contributed by atoms with Gasteiger partial charge in [0.2, 0.25) is 11.8 Å². The Hall–Kier alpha value is -2.70. The molecule has 7 heteroatoms. The maximum absolute atomic E-state index is 13.3. The van der Waals surface area contributed by atoms with Gasteiger partial charge >= 0.3 is 0 Å². The van der Waals surface area contributed by atoms with E-state index in [1.165, 1.54) is 0 Å². The van der Waals surface area contributed by atoms with Crippen molar-refractivity contribution in [3.05, 3.63) is 27.8 Å². The lowest BCUT2D eigenvalue weighted by molar-refractivity contribution is -0.155. The third-order valence-electron chi connectivity index (χ3n) is 6.65. The number of rotatable bonds is 1. The van der Waals surface area contributed by atoms with E-state index in [9.17, 15) is 19.2 Å². The van der Waals surface area contributed by atoms with Gasteiger partial charge in [-0.25, -0.2) is 0 Å². The number of amides is 4. The molecule has 2 aliphatic heterocycles. The van der Waals surface area contributed by atoms with E-state index in [1.54, 1.807) is 48.5 Å². The van der Waals surface area contributed by atoms with E-state index in [4.69, 9.17) is 7.10 Å². The number of hydrogen-bond donors (Lipinski definition) is 2. The largest absolute Gasteiger partial charge is 0.398 e. The molecule has 27 heavy (non-hydrogen) atoms. The second-order valence-electron chi connectivity index (χ2n) is 8.37. The summed E-state index contributed by atoms with van der Waals surface area (Å²) in [4.78, 5) is 52.6. The Balaban J connectivity index is 2.31. The molecule has 7 nitrogen and oxygen atoms in total. The predicted molar refractivity (Wildman–Crippen MR) is 100 cm³/mol. The fourth-order valence-corrected chi connectivity index (χ4v) is 3.75. The standard InChI is InChI=1S/C20H25N3O4/c1-8-9(2)11-12(13(21)10(8)3)17(26)23(16(11)25)14-15(24)22-18(27)20(6,7)19(14,4)5/h14H,21H2,1-7H3,(H,22,24,27)/t14-/m1/s1/i14D. The van der Waals surface area contributed by atoms with Gasteiger partial charge in [-0.2, -0.15) is 0 Å². The first-order valence-corrected chi connectivity index (χ1v) is 8.78. The normalized spacial score (nSPS) is 26.8. The number of anilines is 1. The highest BCUT2D eigenvalue weighted by atomic mass is 16.2. The van der Waals surface area contributed by atoms with Gasteiger partial charge < -0.3 is 5.73 Å². The highest BCUT2D eigenvalue weighted by molar-refractivity contribution is 6.26. The average molecular weight is 372 g/mol. The van der Waals surface area contributed by atoms with Crippen molar-refractivity contribution in [2.45, 2.75) is 54.5 Å². The Morgan fingerprint density at radius 3 is 2.00 bits per heavy atom. The third-order valence-corrected chi connectivity index (χ3v) is 6.65. The third kappa shape index (κ3) is 2.14. The number of piperidine rings is 1. The van der Waals surface area contributed by atoms with Crippen LogP contribution in [0, 0.1) is 31.6 Å². The first-order valence-electron chi connectivity index (χ1n) is 9.28. The summed E-state index contributed by atoms with van der Waals surface area (Å²) < 4.78 is 9.04. The lowest BCUT2D eigenvalue weighted by atomic mass is 9.60. The first-order chi connectivity index (χ1) is 12.6. The molecule has 0 aliphatic carbocycles. The van der Waals surface area contributed by atoms with Crippen LogP contribution in [0.4, 0.5) is 5.69 Å². The van der Waals surface area contributed by atoms with Crippen LogP contribution < -0.4 is 11.1 Å². The van der Waals surface area contributed by atoms with Gasteiger partial charge in [0.05, 0.1) is 17.9 Å². The number of nitrogens with one attached hydrogen (secondary N) is 1. The van der Waals surface area contributed by atoms with Crippen LogP contribution in [0.3, 0.4) is 0 Å². The molecule has 0 bridgehead atoms. The molecule has 1 atom stereocenters. The number of carbonyl (C=O) groups excluding carboxylic acids is 4. The Morgan fingerprint density at radius 2 is 1.44 bits per heavy atom. The molecule has 3 N–H and O–H groups in total. The minimum atomic E-state index is -2.32. The summed E-state index contributed by atoms with van der Waals surface area (Å²) in [6.45, 7) is 11.5. The Morgan fingerprint density at radius 1 is 0.926 bits per heavy atom. The molecule has 144 valence electrons. The number of imide groups is 2. The first kappa shape index (κ1) is 17.7. The molecule has 2 heterocycles. The second kappa shape index (κ2) is 5.41. The highest BCUT2D eigenvalue weighted by Gasteiger charge is 2.60. The molecule has 0 aromatic heterocycles. The summed E-state index contributed by atoms with van der Waals surface area (Å²) in [5.74, 6) is -3.08. The molecule has 2 aliphatic rings. The quantitative estimate of drug-likeness (QED) is 0.578. The van der Waals surface area contributed by atoms with Crippen molar-refractivity contribution in [3.63, 3.8) is 0 Å². The average Bonchev–Trinajstić information content (AvgIpc) is 2.86. The van der Waals surface area contributed by atoms with Crippen molar-refractivity contribution in [1.29, 1.82) is 0 Å². The van der Waals surface area contributed by atoms with E-state index in [1.807, 2.05) is 0 Å². The number of nitrogen functional groups attached to an aromatic ring is 1. The number of nitrogens with zero attached hydrogens (tertiary/aromatic N) is 1. The highest BCUT2D eigenvalue weighted by Crippen LogP contribution is 2.48. The Kier molecular flexibility index (Phi) is 3.54. The van der Waals surface area contributed by atoms with Crippen LogP contribution in [0.2, 0.25) is 0 Å². The number of hydrogen-bond acceptors (Lipinski definition) is 5. The van der Waals surface area contributed by atoms with E-state index in [-0.39, 0.29) is 16.8 Å². The van der Waals surface area contributed by atoms with Crippen LogP contribution in [0.5, 0.6) is 0 Å². The van der Waals surface area contributed by atoms with Gasteiger partial charge in [-0.05, 0) is 37.5 Å². The van der Waals surface area contributed by atoms with Crippen LogP contribution in [0.25, 0.3) is 0 Å². The molecule has 0 radical (unpaired) electrons. The van der Waals surface area contributed by atoms with Crippen LogP contribution in [-0.4, -0.2) is 34.5 Å². The van der Waals surface area contributed by atoms with E-state index < -0.39 is 40.5 Å². The summed E-state index contributed by atoms with van der Waals surface area (Å²) in [6.07, 6.45) is 0. The van der Waals surface area contributed by atoms with E-state index in [2.05, 4.69) is 5.32 Å². The van der Waals surface area contributed by atoms with E-state index in [0.717, 1.165) is 5.56 Å². The molecule has 0 unspecified atom stereocenters. The maximum atomic E-state index is 13.3. The van der Waals surface area contributed by atoms with Gasteiger partial charge in [0, 0.05) is 11.1 Å². The van der Waals surface area contributed by atoms with Crippen LogP contribution in [0.15, 0.2) is 0 Å². The van der Waals surface area contributed by atoms with E-state index >= 15 is 0 Å². The number of benzene rings is 1. The van der Waals surface area contributed by atoms with Crippen molar-refractivity contribution in [2.24, 2.45) is 10.8 Å². The SMILES string of the molecule is [2H][C@@]1(N2C(=O)c3c(C)c(C)c(C)c(N)c3C2=O)C(=O)NC(=O)C(C)(C)C1(C)C. The van der Waals surface area contributed by atoms with Crippen molar-refractivity contribution in [1.82, 2.24) is 10.2 Å². The predicted octanol–water partition coefficient (Wildman–Crippen LogP) is 1.87. The van der Waals surface area contributed by atoms with Crippen LogP contribution >= 0.6 is 0 Å². The van der Waals surface area contributed by atoms with Crippen molar-refractivity contribution in [2.75, 3.05) is 5.73 Å². The van der Waals surface area contributed by atoms with Gasteiger partial charge in [0.1, 0.15) is 6.02 Å². The summed E-state index contributed by atoms with van der Waals surface area (Å²) in [7, 11) is 0. The zero-order valence-electron chi connectivity index (χ0n) is 17.7. The molecule has 1 fully saturated rings. The van der Waals surface area contributed by atoms with Gasteiger partial charge in [-0.3, -0.25) is 29.4 Å². The van der Waals surface area contributed by atoms with Gasteiger partial charge in [-0.15, -0.1) is 0 Å². The number of carbonyl (C=O) groups is 4. The molecule has 1 saturated heterocycles. The fraction of sp³-hybridized carbons (Fsp3) is 0.500. The van der Waals surface area contributed by atoms with Crippen molar-refractivity contribution >= 4 is 29.3 Å². The molecule has 4 amide bonds. The topological polar surface area (TPSA) is 110 Å². The second-order valence-corrected chi connectivity index (χ2v) is 8.37.